The van der Waals surface area contributed by atoms with Gasteiger partial charge < -0.3 is 15.5 Å². The summed E-state index contributed by atoms with van der Waals surface area (Å²) in [5, 5.41) is 11.0. The summed E-state index contributed by atoms with van der Waals surface area (Å²) < 4.78 is 1.95. The molecule has 1 aromatic heterocycles. The summed E-state index contributed by atoms with van der Waals surface area (Å²) in [6.07, 6.45) is 5.79. The molecule has 4 rings (SSSR count). The highest BCUT2D eigenvalue weighted by atomic mass is 127. The standard InChI is InChI=1S/C20H27N7O.HI/c1-21-20(25-16-8-9-18-23-14-24-27(18)13-16)22-11-4-7-19(28)26-12-10-15-5-2-3-6-17(15)26;/h2-3,5-6,14,16H,4,7-13H2,1H3,(H2,21,22,25);1H. The fourth-order valence-electron chi connectivity index (χ4n) is 3.92. The summed E-state index contributed by atoms with van der Waals surface area (Å²) in [5.41, 5.74) is 2.34. The van der Waals surface area contributed by atoms with E-state index in [0.29, 0.717) is 13.0 Å². The summed E-state index contributed by atoms with van der Waals surface area (Å²) in [4.78, 5) is 23.0. The lowest BCUT2D eigenvalue weighted by Crippen LogP contribution is -2.47. The SMILES string of the molecule is CN=C(NCCCC(=O)N1CCc2ccccc21)NC1CCc2ncnn2C1.I. The summed E-state index contributed by atoms with van der Waals surface area (Å²) in [7, 11) is 1.77. The lowest BCUT2D eigenvalue weighted by Gasteiger charge is -2.25. The second kappa shape index (κ2) is 10.0. The van der Waals surface area contributed by atoms with Crippen LogP contribution < -0.4 is 15.5 Å². The molecule has 0 saturated heterocycles. The number of aromatic nitrogens is 3. The molecule has 0 radical (unpaired) electrons. The number of aliphatic imine (C=N–C) groups is 1. The molecule has 8 nitrogen and oxygen atoms in total. The highest BCUT2D eigenvalue weighted by Gasteiger charge is 2.23. The zero-order valence-corrected chi connectivity index (χ0v) is 19.0. The minimum atomic E-state index is 0. The number of rotatable bonds is 5. The molecule has 2 N–H and O–H groups in total. The van der Waals surface area contributed by atoms with Crippen LogP contribution in [0.2, 0.25) is 0 Å². The van der Waals surface area contributed by atoms with Gasteiger partial charge in [-0.25, -0.2) is 9.67 Å². The average Bonchev–Trinajstić information content (AvgIpc) is 3.36. The van der Waals surface area contributed by atoms with Crippen molar-refractivity contribution < 1.29 is 4.79 Å². The fourth-order valence-corrected chi connectivity index (χ4v) is 3.92. The molecule has 29 heavy (non-hydrogen) atoms. The molecule has 2 aliphatic heterocycles. The molecule has 1 amide bonds. The first-order chi connectivity index (χ1) is 13.7. The van der Waals surface area contributed by atoms with E-state index >= 15 is 0 Å². The molecule has 2 aliphatic rings. The molecule has 0 spiro atoms. The molecular formula is C20H28IN7O. The molecule has 0 fully saturated rings. The van der Waals surface area contributed by atoms with Gasteiger partial charge in [0.15, 0.2) is 5.96 Å². The number of carbonyl (C=O) groups excluding carboxylic acids is 1. The topological polar surface area (TPSA) is 87.4 Å². The van der Waals surface area contributed by atoms with Gasteiger partial charge in [0.05, 0.1) is 6.54 Å². The predicted molar refractivity (Wildman–Crippen MR) is 124 cm³/mol. The second-order valence-corrected chi connectivity index (χ2v) is 7.26. The molecule has 1 atom stereocenters. The number of halogens is 1. The Morgan fingerprint density at radius 1 is 1.31 bits per heavy atom. The van der Waals surface area contributed by atoms with Gasteiger partial charge in [-0.15, -0.1) is 24.0 Å². The molecule has 0 aliphatic carbocycles. The van der Waals surface area contributed by atoms with Crippen LogP contribution in [-0.2, 0) is 24.2 Å². The third-order valence-electron chi connectivity index (χ3n) is 5.42. The van der Waals surface area contributed by atoms with Gasteiger partial charge in [-0.1, -0.05) is 18.2 Å². The van der Waals surface area contributed by atoms with Crippen molar-refractivity contribution in [3.05, 3.63) is 42.0 Å². The van der Waals surface area contributed by atoms with Gasteiger partial charge >= 0.3 is 0 Å². The van der Waals surface area contributed by atoms with Gasteiger partial charge in [-0.2, -0.15) is 5.10 Å². The molecule has 3 heterocycles. The molecular weight excluding hydrogens is 481 g/mol. The molecule has 9 heteroatoms. The molecule has 2 aromatic rings. The molecule has 1 aromatic carbocycles. The number of aryl methyl sites for hydroxylation is 1. The maximum Gasteiger partial charge on any atom is 0.227 e. The number of carbonyl (C=O) groups is 1. The summed E-state index contributed by atoms with van der Waals surface area (Å²) in [6, 6.07) is 8.45. The Balaban J connectivity index is 0.00000240. The predicted octanol–water partition coefficient (Wildman–Crippen LogP) is 1.75. The number of anilines is 1. The van der Waals surface area contributed by atoms with Crippen molar-refractivity contribution in [2.24, 2.45) is 4.99 Å². The lowest BCUT2D eigenvalue weighted by molar-refractivity contribution is -0.118. The Hall–Kier alpha value is -2.17. The number of guanidine groups is 1. The van der Waals surface area contributed by atoms with Crippen molar-refractivity contribution >= 4 is 41.5 Å². The average molecular weight is 509 g/mol. The highest BCUT2D eigenvalue weighted by molar-refractivity contribution is 14.0. The maximum atomic E-state index is 12.6. The largest absolute Gasteiger partial charge is 0.356 e. The Bertz CT molecular complexity index is 866. The Morgan fingerprint density at radius 2 is 2.17 bits per heavy atom. The molecule has 0 bridgehead atoms. The third kappa shape index (κ3) is 5.06. The first kappa shape index (κ1) is 21.5. The number of para-hydroxylation sites is 1. The third-order valence-corrected chi connectivity index (χ3v) is 5.42. The number of fused-ring (bicyclic) bond motifs is 2. The fraction of sp³-hybridized carbons (Fsp3) is 0.500. The normalized spacial score (nSPS) is 17.9. The first-order valence-electron chi connectivity index (χ1n) is 9.96. The van der Waals surface area contributed by atoms with Gasteiger partial charge in [0.1, 0.15) is 12.2 Å². The van der Waals surface area contributed by atoms with Gasteiger partial charge in [-0.3, -0.25) is 9.79 Å². The zero-order chi connectivity index (χ0) is 19.3. The van der Waals surface area contributed by atoms with E-state index in [2.05, 4.69) is 31.8 Å². The van der Waals surface area contributed by atoms with Crippen LogP contribution in [0.25, 0.3) is 0 Å². The van der Waals surface area contributed by atoms with Gasteiger partial charge in [0, 0.05) is 44.7 Å². The van der Waals surface area contributed by atoms with Crippen molar-refractivity contribution in [2.75, 3.05) is 25.0 Å². The van der Waals surface area contributed by atoms with E-state index in [1.807, 2.05) is 27.8 Å². The van der Waals surface area contributed by atoms with Crippen LogP contribution in [0.1, 0.15) is 30.7 Å². The van der Waals surface area contributed by atoms with Gasteiger partial charge in [0.25, 0.3) is 0 Å². The van der Waals surface area contributed by atoms with Crippen molar-refractivity contribution in [1.82, 2.24) is 25.4 Å². The monoisotopic (exact) mass is 509 g/mol. The van der Waals surface area contributed by atoms with E-state index in [1.165, 1.54) is 5.56 Å². The van der Waals surface area contributed by atoms with Gasteiger partial charge in [0.2, 0.25) is 5.91 Å². The van der Waals surface area contributed by atoms with Crippen molar-refractivity contribution in [3.63, 3.8) is 0 Å². The van der Waals surface area contributed by atoms with E-state index in [9.17, 15) is 4.79 Å². The second-order valence-electron chi connectivity index (χ2n) is 7.26. The molecule has 0 saturated carbocycles. The van der Waals surface area contributed by atoms with Crippen LogP contribution in [-0.4, -0.2) is 52.8 Å². The van der Waals surface area contributed by atoms with Crippen molar-refractivity contribution in [2.45, 2.75) is 44.7 Å². The van der Waals surface area contributed by atoms with Crippen LogP contribution in [0.15, 0.2) is 35.6 Å². The quantitative estimate of drug-likeness (QED) is 0.278. The van der Waals surface area contributed by atoms with Crippen LogP contribution in [0.5, 0.6) is 0 Å². The zero-order valence-electron chi connectivity index (χ0n) is 16.7. The van der Waals surface area contributed by atoms with Crippen LogP contribution in [0, 0.1) is 0 Å². The Morgan fingerprint density at radius 3 is 3.03 bits per heavy atom. The lowest BCUT2D eigenvalue weighted by atomic mass is 10.1. The van der Waals surface area contributed by atoms with E-state index in [4.69, 9.17) is 0 Å². The van der Waals surface area contributed by atoms with Crippen molar-refractivity contribution in [1.29, 1.82) is 0 Å². The van der Waals surface area contributed by atoms with E-state index < -0.39 is 0 Å². The number of nitrogens with zero attached hydrogens (tertiary/aromatic N) is 5. The van der Waals surface area contributed by atoms with E-state index in [1.54, 1.807) is 13.4 Å². The number of amides is 1. The maximum absolute atomic E-state index is 12.6. The minimum absolute atomic E-state index is 0. The summed E-state index contributed by atoms with van der Waals surface area (Å²) in [5.74, 6) is 2.01. The van der Waals surface area contributed by atoms with Crippen LogP contribution >= 0.6 is 24.0 Å². The van der Waals surface area contributed by atoms with Gasteiger partial charge in [-0.05, 0) is 30.9 Å². The minimum Gasteiger partial charge on any atom is -0.356 e. The summed E-state index contributed by atoms with van der Waals surface area (Å²) >= 11 is 0. The van der Waals surface area contributed by atoms with Crippen LogP contribution in [0.4, 0.5) is 5.69 Å². The van der Waals surface area contributed by atoms with Crippen LogP contribution in [0.3, 0.4) is 0 Å². The Labute approximate surface area is 188 Å². The summed E-state index contributed by atoms with van der Waals surface area (Å²) in [6.45, 7) is 2.30. The first-order valence-corrected chi connectivity index (χ1v) is 9.96. The number of nitrogens with one attached hydrogen (secondary N) is 2. The smallest absolute Gasteiger partial charge is 0.227 e. The van der Waals surface area contributed by atoms with E-state index in [0.717, 1.165) is 56.2 Å². The Kier molecular flexibility index (Phi) is 7.45. The van der Waals surface area contributed by atoms with E-state index in [-0.39, 0.29) is 35.9 Å². The number of hydrogen-bond donors (Lipinski definition) is 2. The van der Waals surface area contributed by atoms with Crippen molar-refractivity contribution in [3.8, 4) is 0 Å². The highest BCUT2D eigenvalue weighted by Crippen LogP contribution is 2.27. The molecule has 156 valence electrons. The molecule has 1 unspecified atom stereocenters. The number of benzene rings is 1. The number of hydrogen-bond acceptors (Lipinski definition) is 4.